The molecule has 0 aromatic heterocycles. The third-order valence-electron chi connectivity index (χ3n) is 2.94. The van der Waals surface area contributed by atoms with Gasteiger partial charge in [0, 0.05) is 18.7 Å². The van der Waals surface area contributed by atoms with E-state index in [0.717, 1.165) is 42.3 Å². The van der Waals surface area contributed by atoms with Gasteiger partial charge in [0.15, 0.2) is 0 Å². The van der Waals surface area contributed by atoms with Crippen molar-refractivity contribution < 1.29 is 9.47 Å². The second kappa shape index (κ2) is 6.71. The molecule has 18 heavy (non-hydrogen) atoms. The van der Waals surface area contributed by atoms with E-state index in [1.807, 2.05) is 31.2 Å². The lowest BCUT2D eigenvalue weighted by Gasteiger charge is -2.13. The number of hydrogen-bond donors (Lipinski definition) is 1. The largest absolute Gasteiger partial charge is 0.494 e. The van der Waals surface area contributed by atoms with Gasteiger partial charge in [-0.2, -0.15) is 0 Å². The Kier molecular flexibility index (Phi) is 4.96. The number of rotatable bonds is 5. The maximum atomic E-state index is 5.55. The van der Waals surface area contributed by atoms with E-state index in [4.69, 9.17) is 21.7 Å². The third kappa shape index (κ3) is 3.68. The van der Waals surface area contributed by atoms with Gasteiger partial charge in [-0.1, -0.05) is 12.2 Å². The second-order valence-electron chi connectivity index (χ2n) is 4.30. The predicted molar refractivity (Wildman–Crippen MR) is 76.3 cm³/mol. The lowest BCUT2D eigenvalue weighted by atomic mass is 10.2. The van der Waals surface area contributed by atoms with Gasteiger partial charge in [-0.25, -0.2) is 0 Å². The molecule has 0 spiro atoms. The summed E-state index contributed by atoms with van der Waals surface area (Å²) < 4.78 is 10.9. The molecule has 0 saturated carbocycles. The summed E-state index contributed by atoms with van der Waals surface area (Å²) in [6.45, 7) is 4.33. The highest BCUT2D eigenvalue weighted by Crippen LogP contribution is 2.13. The van der Waals surface area contributed by atoms with Crippen LogP contribution in [-0.2, 0) is 4.74 Å². The van der Waals surface area contributed by atoms with Gasteiger partial charge in [0.2, 0.25) is 0 Å². The molecule has 1 aromatic rings. The molecule has 1 aromatic carbocycles. The molecule has 1 aliphatic heterocycles. The Balaban J connectivity index is 1.83. The zero-order valence-electron chi connectivity index (χ0n) is 10.6. The molecule has 1 aliphatic rings. The molecular formula is C14H19NO2S. The van der Waals surface area contributed by atoms with E-state index >= 15 is 0 Å². The molecular weight excluding hydrogens is 246 g/mol. The molecule has 1 atom stereocenters. The van der Waals surface area contributed by atoms with Crippen LogP contribution in [0.4, 0.5) is 0 Å². The summed E-state index contributed by atoms with van der Waals surface area (Å²) in [5, 5.41) is 3.26. The fraction of sp³-hybridized carbons (Fsp3) is 0.500. The Morgan fingerprint density at radius 3 is 2.83 bits per heavy atom. The number of benzene rings is 1. The van der Waals surface area contributed by atoms with Crippen molar-refractivity contribution in [1.29, 1.82) is 0 Å². The van der Waals surface area contributed by atoms with Crippen LogP contribution in [0.2, 0.25) is 0 Å². The van der Waals surface area contributed by atoms with Crippen molar-refractivity contribution in [3.8, 4) is 5.75 Å². The Bertz CT molecular complexity index is 385. The van der Waals surface area contributed by atoms with E-state index in [1.54, 1.807) is 0 Å². The first-order valence-corrected chi connectivity index (χ1v) is 6.83. The van der Waals surface area contributed by atoms with Crippen LogP contribution < -0.4 is 10.1 Å². The molecule has 0 aliphatic carbocycles. The molecule has 1 fully saturated rings. The first-order chi connectivity index (χ1) is 8.79. The molecule has 3 nitrogen and oxygen atoms in total. The van der Waals surface area contributed by atoms with Crippen LogP contribution in [0.3, 0.4) is 0 Å². The van der Waals surface area contributed by atoms with Crippen LogP contribution in [0, 0.1) is 0 Å². The number of hydrogen-bond acceptors (Lipinski definition) is 3. The highest BCUT2D eigenvalue weighted by Gasteiger charge is 2.15. The van der Waals surface area contributed by atoms with Crippen LogP contribution in [0.1, 0.15) is 25.3 Å². The zero-order chi connectivity index (χ0) is 12.8. The molecule has 98 valence electrons. The molecule has 1 N–H and O–H groups in total. The minimum absolute atomic E-state index is 0.311. The van der Waals surface area contributed by atoms with Gasteiger partial charge < -0.3 is 14.8 Å². The monoisotopic (exact) mass is 265 g/mol. The van der Waals surface area contributed by atoms with Gasteiger partial charge in [0.25, 0.3) is 0 Å². The van der Waals surface area contributed by atoms with E-state index in [1.165, 1.54) is 0 Å². The zero-order valence-corrected chi connectivity index (χ0v) is 11.5. The summed E-state index contributed by atoms with van der Waals surface area (Å²) in [5.74, 6) is 0.878. The predicted octanol–water partition coefficient (Wildman–Crippen LogP) is 2.53. The Morgan fingerprint density at radius 2 is 2.22 bits per heavy atom. The highest BCUT2D eigenvalue weighted by atomic mass is 32.1. The third-order valence-corrected chi connectivity index (χ3v) is 3.32. The minimum atomic E-state index is 0.311. The normalized spacial score (nSPS) is 18.6. The lowest BCUT2D eigenvalue weighted by molar-refractivity contribution is 0.114. The van der Waals surface area contributed by atoms with Crippen molar-refractivity contribution in [2.24, 2.45) is 0 Å². The van der Waals surface area contributed by atoms with Crippen molar-refractivity contribution in [1.82, 2.24) is 5.32 Å². The van der Waals surface area contributed by atoms with E-state index in [9.17, 15) is 0 Å². The van der Waals surface area contributed by atoms with Crippen LogP contribution in [-0.4, -0.2) is 30.9 Å². The first kappa shape index (κ1) is 13.3. The SMILES string of the molecule is CCOc1ccc(C(=S)NCC2CCCO2)cc1. The Morgan fingerprint density at radius 1 is 1.44 bits per heavy atom. The van der Waals surface area contributed by atoms with Crippen LogP contribution in [0.15, 0.2) is 24.3 Å². The number of ether oxygens (including phenoxy) is 2. The van der Waals surface area contributed by atoms with Gasteiger partial charge >= 0.3 is 0 Å². The Hall–Kier alpha value is -1.13. The summed E-state index contributed by atoms with van der Waals surface area (Å²) in [5.41, 5.74) is 1.02. The van der Waals surface area contributed by atoms with Crippen LogP contribution >= 0.6 is 12.2 Å². The number of nitrogens with one attached hydrogen (secondary N) is 1. The van der Waals surface area contributed by atoms with Crippen LogP contribution in [0.25, 0.3) is 0 Å². The van der Waals surface area contributed by atoms with Gasteiger partial charge in [-0.3, -0.25) is 0 Å². The van der Waals surface area contributed by atoms with Crippen molar-refractivity contribution in [2.45, 2.75) is 25.9 Å². The lowest BCUT2D eigenvalue weighted by Crippen LogP contribution is -2.31. The molecule has 1 heterocycles. The fourth-order valence-electron chi connectivity index (χ4n) is 1.98. The molecule has 0 bridgehead atoms. The van der Waals surface area contributed by atoms with Crippen molar-refractivity contribution in [3.63, 3.8) is 0 Å². The van der Waals surface area contributed by atoms with Crippen LogP contribution in [0.5, 0.6) is 5.75 Å². The fourth-order valence-corrected chi connectivity index (χ4v) is 2.20. The maximum Gasteiger partial charge on any atom is 0.119 e. The number of thiocarbonyl (C=S) groups is 1. The van der Waals surface area contributed by atoms with E-state index in [0.29, 0.717) is 12.7 Å². The molecule has 1 unspecified atom stereocenters. The first-order valence-electron chi connectivity index (χ1n) is 6.42. The smallest absolute Gasteiger partial charge is 0.119 e. The van der Waals surface area contributed by atoms with Gasteiger partial charge in [0.1, 0.15) is 10.7 Å². The van der Waals surface area contributed by atoms with Crippen molar-refractivity contribution >= 4 is 17.2 Å². The topological polar surface area (TPSA) is 30.5 Å². The average molecular weight is 265 g/mol. The van der Waals surface area contributed by atoms with E-state index < -0.39 is 0 Å². The summed E-state index contributed by atoms with van der Waals surface area (Å²) in [6.07, 6.45) is 2.59. The summed E-state index contributed by atoms with van der Waals surface area (Å²) in [4.78, 5) is 0.772. The van der Waals surface area contributed by atoms with E-state index in [2.05, 4.69) is 5.32 Å². The van der Waals surface area contributed by atoms with Gasteiger partial charge in [-0.05, 0) is 44.0 Å². The van der Waals surface area contributed by atoms with Crippen molar-refractivity contribution in [3.05, 3.63) is 29.8 Å². The highest BCUT2D eigenvalue weighted by molar-refractivity contribution is 7.80. The van der Waals surface area contributed by atoms with Gasteiger partial charge in [-0.15, -0.1) is 0 Å². The minimum Gasteiger partial charge on any atom is -0.494 e. The van der Waals surface area contributed by atoms with Gasteiger partial charge in [0.05, 0.1) is 12.7 Å². The average Bonchev–Trinajstić information content (AvgIpc) is 2.90. The molecule has 1 saturated heterocycles. The Labute approximate surface area is 113 Å². The summed E-state index contributed by atoms with van der Waals surface area (Å²) >= 11 is 5.36. The summed E-state index contributed by atoms with van der Waals surface area (Å²) in [7, 11) is 0. The molecule has 2 rings (SSSR count). The molecule has 4 heteroatoms. The standard InChI is InChI=1S/C14H19NO2S/c1-2-16-12-7-5-11(6-8-12)14(18)15-10-13-4-3-9-17-13/h5-8,13H,2-4,9-10H2,1H3,(H,15,18). The maximum absolute atomic E-state index is 5.55. The molecule has 0 radical (unpaired) electrons. The van der Waals surface area contributed by atoms with E-state index in [-0.39, 0.29) is 0 Å². The summed E-state index contributed by atoms with van der Waals surface area (Å²) in [6, 6.07) is 7.85. The molecule has 0 amide bonds. The quantitative estimate of drug-likeness (QED) is 0.829. The second-order valence-corrected chi connectivity index (χ2v) is 4.71. The van der Waals surface area contributed by atoms with Crippen molar-refractivity contribution in [2.75, 3.05) is 19.8 Å².